The largest absolute Gasteiger partial charge is 0.340 e. The number of nitrogens with one attached hydrogen (secondary N) is 1. The monoisotopic (exact) mass is 307 g/mol. The topological polar surface area (TPSA) is 54.9 Å². The summed E-state index contributed by atoms with van der Waals surface area (Å²) in [6.07, 6.45) is 0.812. The number of carbonyl (C=O) groups is 1. The first-order chi connectivity index (χ1) is 9.60. The molecule has 2 aromatic rings. The number of nitrogens with zero attached hydrogens (tertiary/aromatic N) is 2. The van der Waals surface area contributed by atoms with Crippen LogP contribution in [0.5, 0.6) is 0 Å². The van der Waals surface area contributed by atoms with Gasteiger partial charge in [-0.3, -0.25) is 0 Å². The number of hydrogen-bond acceptors (Lipinski definition) is 5. The Morgan fingerprint density at radius 1 is 1.35 bits per heavy atom. The van der Waals surface area contributed by atoms with Crippen LogP contribution in [0, 0.1) is 13.8 Å². The maximum Gasteiger partial charge on any atom is 0.191 e. The average molecular weight is 308 g/mol. The van der Waals surface area contributed by atoms with E-state index in [2.05, 4.69) is 28.3 Å². The molecule has 0 bridgehead atoms. The normalized spacial score (nSPS) is 10.3. The summed E-state index contributed by atoms with van der Waals surface area (Å²) < 4.78 is 0. The highest BCUT2D eigenvalue weighted by atomic mass is 35.5. The summed E-state index contributed by atoms with van der Waals surface area (Å²) in [5.41, 5.74) is 3.33. The van der Waals surface area contributed by atoms with Gasteiger partial charge in [0, 0.05) is 11.8 Å². The number of anilines is 2. The van der Waals surface area contributed by atoms with Crippen molar-refractivity contribution >= 4 is 41.2 Å². The maximum absolute atomic E-state index is 10.4. The third-order valence-electron chi connectivity index (χ3n) is 2.82. The number of rotatable bonds is 5. The van der Waals surface area contributed by atoms with Gasteiger partial charge in [0.05, 0.1) is 5.75 Å². The van der Waals surface area contributed by atoms with Crippen molar-refractivity contribution in [3.8, 4) is 0 Å². The lowest BCUT2D eigenvalue weighted by molar-refractivity contribution is -0.105. The average Bonchev–Trinajstić information content (AvgIpc) is 2.41. The molecule has 0 aliphatic carbocycles. The minimum Gasteiger partial charge on any atom is -0.340 e. The summed E-state index contributed by atoms with van der Waals surface area (Å²) in [7, 11) is 0. The highest BCUT2D eigenvalue weighted by Crippen LogP contribution is 2.24. The van der Waals surface area contributed by atoms with Crippen molar-refractivity contribution in [3.05, 3.63) is 40.5 Å². The van der Waals surface area contributed by atoms with Gasteiger partial charge < -0.3 is 10.1 Å². The van der Waals surface area contributed by atoms with Crippen LogP contribution >= 0.6 is 23.4 Å². The molecule has 0 aliphatic rings. The van der Waals surface area contributed by atoms with Gasteiger partial charge in [-0.15, -0.1) is 0 Å². The van der Waals surface area contributed by atoms with Crippen LogP contribution in [0.4, 0.5) is 11.5 Å². The lowest BCUT2D eigenvalue weighted by Crippen LogP contribution is -1.99. The van der Waals surface area contributed by atoms with Crippen molar-refractivity contribution in [2.75, 3.05) is 11.1 Å². The third-order valence-corrected chi connectivity index (χ3v) is 3.76. The molecule has 4 nitrogen and oxygen atoms in total. The number of halogens is 1. The third kappa shape index (κ3) is 3.71. The minimum absolute atomic E-state index is 0.309. The highest BCUT2D eigenvalue weighted by Gasteiger charge is 2.06. The van der Waals surface area contributed by atoms with Crippen molar-refractivity contribution < 1.29 is 4.79 Å². The number of aldehydes is 1. The molecule has 0 unspecified atom stereocenters. The molecular formula is C14H14ClN3OS. The van der Waals surface area contributed by atoms with Gasteiger partial charge in [-0.05, 0) is 31.0 Å². The Morgan fingerprint density at radius 3 is 2.90 bits per heavy atom. The summed E-state index contributed by atoms with van der Waals surface area (Å²) >= 11 is 7.23. The van der Waals surface area contributed by atoms with Gasteiger partial charge in [-0.2, -0.15) is 0 Å². The second kappa shape index (κ2) is 6.72. The van der Waals surface area contributed by atoms with E-state index < -0.39 is 0 Å². The standard InChI is InChI=1S/C14H14ClN3OS/c1-9-4-3-5-11(10(9)2)16-13-8-12(15)17-14(18-13)20-7-6-19/h3-6,8H,7H2,1-2H3,(H,16,17,18). The molecule has 2 rings (SSSR count). The molecule has 0 atom stereocenters. The smallest absolute Gasteiger partial charge is 0.191 e. The summed E-state index contributed by atoms with van der Waals surface area (Å²) in [6, 6.07) is 7.68. The SMILES string of the molecule is Cc1cccc(Nc2cc(Cl)nc(SCC=O)n2)c1C. The molecule has 1 heterocycles. The number of carbonyl (C=O) groups excluding carboxylic acids is 1. The zero-order chi connectivity index (χ0) is 14.5. The molecule has 6 heteroatoms. The van der Waals surface area contributed by atoms with Crippen LogP contribution in [-0.2, 0) is 4.79 Å². The minimum atomic E-state index is 0.309. The van der Waals surface area contributed by atoms with E-state index >= 15 is 0 Å². The van der Waals surface area contributed by atoms with E-state index in [0.717, 1.165) is 17.5 Å². The van der Waals surface area contributed by atoms with E-state index in [-0.39, 0.29) is 0 Å². The van der Waals surface area contributed by atoms with E-state index in [4.69, 9.17) is 11.6 Å². The molecule has 0 saturated carbocycles. The summed E-state index contributed by atoms with van der Waals surface area (Å²) in [4.78, 5) is 18.8. The van der Waals surface area contributed by atoms with E-state index in [0.29, 0.717) is 21.9 Å². The van der Waals surface area contributed by atoms with E-state index in [1.165, 1.54) is 17.3 Å². The molecule has 0 spiro atoms. The van der Waals surface area contributed by atoms with Gasteiger partial charge in [-0.1, -0.05) is 35.5 Å². The van der Waals surface area contributed by atoms with Gasteiger partial charge in [0.2, 0.25) is 0 Å². The predicted octanol–water partition coefficient (Wildman–Crippen LogP) is 3.78. The van der Waals surface area contributed by atoms with E-state index in [9.17, 15) is 4.79 Å². The lowest BCUT2D eigenvalue weighted by Gasteiger charge is -2.11. The molecule has 0 fully saturated rings. The molecule has 1 N–H and O–H groups in total. The van der Waals surface area contributed by atoms with Gasteiger partial charge in [-0.25, -0.2) is 9.97 Å². The van der Waals surface area contributed by atoms with Crippen LogP contribution in [0.2, 0.25) is 5.15 Å². The van der Waals surface area contributed by atoms with Gasteiger partial charge >= 0.3 is 0 Å². The molecule has 1 aromatic carbocycles. The van der Waals surface area contributed by atoms with Crippen LogP contribution in [-0.4, -0.2) is 22.0 Å². The number of aryl methyl sites for hydroxylation is 1. The van der Waals surface area contributed by atoms with Gasteiger partial charge in [0.25, 0.3) is 0 Å². The molecule has 0 radical (unpaired) electrons. The fourth-order valence-corrected chi connectivity index (χ4v) is 2.43. The van der Waals surface area contributed by atoms with Crippen molar-refractivity contribution in [1.82, 2.24) is 9.97 Å². The predicted molar refractivity (Wildman–Crippen MR) is 83.0 cm³/mol. The first-order valence-electron chi connectivity index (χ1n) is 6.04. The fraction of sp³-hybridized carbons (Fsp3) is 0.214. The molecular weight excluding hydrogens is 294 g/mol. The number of thioether (sulfide) groups is 1. The molecule has 20 heavy (non-hydrogen) atoms. The second-order valence-corrected chi connectivity index (χ2v) is 5.58. The first-order valence-corrected chi connectivity index (χ1v) is 7.41. The van der Waals surface area contributed by atoms with Crippen LogP contribution in [0.3, 0.4) is 0 Å². The molecule has 1 aromatic heterocycles. The fourth-order valence-electron chi connectivity index (χ4n) is 1.66. The Labute approximate surface area is 127 Å². The zero-order valence-corrected chi connectivity index (χ0v) is 12.8. The van der Waals surface area contributed by atoms with Crippen molar-refractivity contribution in [3.63, 3.8) is 0 Å². The van der Waals surface area contributed by atoms with E-state index in [1.54, 1.807) is 6.07 Å². The lowest BCUT2D eigenvalue weighted by atomic mass is 10.1. The number of hydrogen-bond donors (Lipinski definition) is 1. The van der Waals surface area contributed by atoms with E-state index in [1.807, 2.05) is 19.1 Å². The Kier molecular flexibility index (Phi) is 4.98. The summed E-state index contributed by atoms with van der Waals surface area (Å²) in [6.45, 7) is 4.10. The van der Waals surface area contributed by atoms with Crippen LogP contribution in [0.1, 0.15) is 11.1 Å². The van der Waals surface area contributed by atoms with Crippen molar-refractivity contribution in [2.45, 2.75) is 19.0 Å². The Morgan fingerprint density at radius 2 is 2.15 bits per heavy atom. The number of aromatic nitrogens is 2. The summed E-state index contributed by atoms with van der Waals surface area (Å²) in [5, 5.41) is 4.07. The molecule has 0 amide bonds. The second-order valence-electron chi connectivity index (χ2n) is 4.21. The zero-order valence-electron chi connectivity index (χ0n) is 11.2. The molecule has 0 aliphatic heterocycles. The first kappa shape index (κ1) is 14.8. The van der Waals surface area contributed by atoms with Gasteiger partial charge in [0.1, 0.15) is 17.3 Å². The maximum atomic E-state index is 10.4. The molecule has 104 valence electrons. The van der Waals surface area contributed by atoms with Crippen LogP contribution in [0.25, 0.3) is 0 Å². The van der Waals surface area contributed by atoms with Crippen LogP contribution < -0.4 is 5.32 Å². The number of benzene rings is 1. The highest BCUT2D eigenvalue weighted by molar-refractivity contribution is 7.99. The molecule has 0 saturated heterocycles. The Bertz CT molecular complexity index is 634. The quantitative estimate of drug-likeness (QED) is 0.394. The summed E-state index contributed by atoms with van der Waals surface area (Å²) in [5.74, 6) is 0.926. The van der Waals surface area contributed by atoms with Crippen molar-refractivity contribution in [2.24, 2.45) is 0 Å². The Balaban J connectivity index is 2.26. The van der Waals surface area contributed by atoms with Gasteiger partial charge in [0.15, 0.2) is 5.16 Å². The van der Waals surface area contributed by atoms with Crippen LogP contribution in [0.15, 0.2) is 29.4 Å². The Hall–Kier alpha value is -1.59. The van der Waals surface area contributed by atoms with Crippen molar-refractivity contribution in [1.29, 1.82) is 0 Å².